The van der Waals surface area contributed by atoms with E-state index in [0.717, 1.165) is 27.8 Å². The highest BCUT2D eigenvalue weighted by atomic mass is 16.5. The summed E-state index contributed by atoms with van der Waals surface area (Å²) in [4.78, 5) is 39.0. The van der Waals surface area contributed by atoms with Crippen LogP contribution in [0.25, 0.3) is 0 Å². The van der Waals surface area contributed by atoms with Gasteiger partial charge in [0.2, 0.25) is 0 Å². The highest BCUT2D eigenvalue weighted by Gasteiger charge is 2.55. The Labute approximate surface area is 209 Å². The van der Waals surface area contributed by atoms with E-state index in [0.29, 0.717) is 0 Å². The van der Waals surface area contributed by atoms with Crippen molar-refractivity contribution in [3.8, 4) is 17.2 Å². The second-order valence-electron chi connectivity index (χ2n) is 9.48. The normalized spacial score (nSPS) is 18.3. The van der Waals surface area contributed by atoms with Crippen molar-refractivity contribution >= 4 is 17.5 Å². The molecule has 1 aliphatic heterocycles. The van der Waals surface area contributed by atoms with Crippen LogP contribution in [-0.2, 0) is 21.5 Å². The number of amides is 1. The van der Waals surface area contributed by atoms with Crippen LogP contribution in [0.15, 0.2) is 35.3 Å². The Hall–Kier alpha value is -4.07. The fraction of sp³-hybridized carbons (Fsp3) is 0.321. The zero-order valence-corrected chi connectivity index (χ0v) is 21.4. The average molecular weight is 492 g/mol. The van der Waals surface area contributed by atoms with Crippen LogP contribution in [0.4, 0.5) is 0 Å². The Balaban J connectivity index is 1.81. The number of carbonyl (C=O) groups excluding carboxylic acids is 3. The zero-order chi connectivity index (χ0) is 26.7. The second kappa shape index (κ2) is 8.55. The molecule has 8 nitrogen and oxygen atoms in total. The quantitative estimate of drug-likeness (QED) is 0.539. The molecule has 188 valence electrons. The molecule has 0 fully saturated rings. The lowest BCUT2D eigenvalue weighted by atomic mass is 9.71. The molecule has 2 aliphatic rings. The minimum Gasteiger partial charge on any atom is -0.507 e. The molecular weight excluding hydrogens is 462 g/mol. The van der Waals surface area contributed by atoms with Gasteiger partial charge in [-0.1, -0.05) is 6.07 Å². The predicted molar refractivity (Wildman–Crippen MR) is 133 cm³/mol. The first kappa shape index (κ1) is 25.0. The molecular formula is C28H29NO7. The number of ketones is 2. The van der Waals surface area contributed by atoms with E-state index in [1.54, 1.807) is 0 Å². The van der Waals surface area contributed by atoms with Crippen LogP contribution in [0.2, 0.25) is 0 Å². The third-order valence-electron chi connectivity index (χ3n) is 7.38. The van der Waals surface area contributed by atoms with Gasteiger partial charge in [0, 0.05) is 18.7 Å². The predicted octanol–water partition coefficient (Wildman–Crippen LogP) is 4.08. The van der Waals surface area contributed by atoms with E-state index < -0.39 is 28.6 Å². The van der Waals surface area contributed by atoms with Gasteiger partial charge in [0.05, 0.1) is 12.7 Å². The summed E-state index contributed by atoms with van der Waals surface area (Å²) in [6.45, 7) is 10.9. The first-order valence-corrected chi connectivity index (χ1v) is 11.5. The molecule has 4 rings (SSSR count). The number of aryl methyl sites for hydroxylation is 2. The standard InChI is InChI=1S/C28H29NO7/c1-12-8-13(2)15(4)17(14(12)3)11-29-27(34)23-20(35-7)9-19(32)24-25(23)36-21-10-18(31)22(16(5)30)26(33)28(21,24)6/h8-10,31-32H,11H2,1-7H3,(H,29,34)/t28-/m1/s1. The Morgan fingerprint density at radius 3 is 2.25 bits per heavy atom. The molecule has 0 bridgehead atoms. The molecule has 8 heteroatoms. The molecule has 0 spiro atoms. The number of nitrogens with one attached hydrogen (secondary N) is 1. The van der Waals surface area contributed by atoms with E-state index in [1.165, 1.54) is 33.1 Å². The Morgan fingerprint density at radius 1 is 1.08 bits per heavy atom. The number of Topliss-reactive ketones (excluding diaryl/α,β-unsaturated/α-hetero) is 2. The minimum absolute atomic E-state index is 0.00169. The van der Waals surface area contributed by atoms with Crippen molar-refractivity contribution in [2.75, 3.05) is 7.11 Å². The van der Waals surface area contributed by atoms with Crippen LogP contribution in [0.5, 0.6) is 17.2 Å². The molecule has 1 amide bonds. The van der Waals surface area contributed by atoms with Crippen molar-refractivity contribution in [1.29, 1.82) is 0 Å². The van der Waals surface area contributed by atoms with Crippen molar-refractivity contribution in [1.82, 2.24) is 5.32 Å². The van der Waals surface area contributed by atoms with E-state index in [1.807, 2.05) is 27.7 Å². The van der Waals surface area contributed by atoms with Gasteiger partial charge in [-0.2, -0.15) is 0 Å². The number of hydrogen-bond donors (Lipinski definition) is 3. The number of carbonyl (C=O) groups is 3. The summed E-state index contributed by atoms with van der Waals surface area (Å²) >= 11 is 0. The van der Waals surface area contributed by atoms with Crippen molar-refractivity contribution < 1.29 is 34.1 Å². The summed E-state index contributed by atoms with van der Waals surface area (Å²) in [5.41, 5.74) is 3.42. The van der Waals surface area contributed by atoms with Gasteiger partial charge >= 0.3 is 0 Å². The van der Waals surface area contributed by atoms with Gasteiger partial charge in [0.25, 0.3) is 5.91 Å². The number of aliphatic hydroxyl groups is 1. The van der Waals surface area contributed by atoms with Gasteiger partial charge < -0.3 is 25.0 Å². The Bertz CT molecular complexity index is 1400. The van der Waals surface area contributed by atoms with Crippen LogP contribution in [0, 0.1) is 27.7 Å². The molecule has 0 radical (unpaired) electrons. The van der Waals surface area contributed by atoms with Crippen molar-refractivity contribution in [2.24, 2.45) is 0 Å². The van der Waals surface area contributed by atoms with Crippen molar-refractivity contribution in [3.63, 3.8) is 0 Å². The maximum atomic E-state index is 13.5. The number of ether oxygens (including phenoxy) is 2. The number of benzene rings is 2. The van der Waals surface area contributed by atoms with E-state index in [2.05, 4.69) is 11.4 Å². The first-order valence-electron chi connectivity index (χ1n) is 11.5. The lowest BCUT2D eigenvalue weighted by Crippen LogP contribution is -2.38. The largest absolute Gasteiger partial charge is 0.507 e. The summed E-state index contributed by atoms with van der Waals surface area (Å²) in [5, 5.41) is 24.1. The molecule has 0 unspecified atom stereocenters. The highest BCUT2D eigenvalue weighted by Crippen LogP contribution is 2.56. The van der Waals surface area contributed by atoms with Crippen LogP contribution in [0.3, 0.4) is 0 Å². The molecule has 0 saturated carbocycles. The van der Waals surface area contributed by atoms with Gasteiger partial charge in [-0.05, 0) is 69.4 Å². The number of allylic oxidation sites excluding steroid dienone is 3. The van der Waals surface area contributed by atoms with Crippen LogP contribution in [0.1, 0.15) is 57.6 Å². The maximum absolute atomic E-state index is 13.5. The molecule has 1 aliphatic carbocycles. The maximum Gasteiger partial charge on any atom is 0.259 e. The van der Waals surface area contributed by atoms with Crippen LogP contribution < -0.4 is 14.8 Å². The van der Waals surface area contributed by atoms with Gasteiger partial charge in [0.1, 0.15) is 39.6 Å². The number of fused-ring (bicyclic) bond motifs is 3. The van der Waals surface area contributed by atoms with Gasteiger partial charge in [0.15, 0.2) is 17.3 Å². The summed E-state index contributed by atoms with van der Waals surface area (Å²) in [6, 6.07) is 3.35. The lowest BCUT2D eigenvalue weighted by molar-refractivity contribution is -0.123. The summed E-state index contributed by atoms with van der Waals surface area (Å²) in [6.07, 6.45) is 1.17. The summed E-state index contributed by atoms with van der Waals surface area (Å²) in [7, 11) is 1.35. The van der Waals surface area contributed by atoms with E-state index in [4.69, 9.17) is 9.47 Å². The molecule has 1 atom stereocenters. The smallest absolute Gasteiger partial charge is 0.259 e. The molecule has 1 heterocycles. The number of phenols is 1. The number of phenolic OH excluding ortho intramolecular Hbond substituents is 1. The van der Waals surface area contributed by atoms with Gasteiger partial charge in [-0.3, -0.25) is 14.4 Å². The monoisotopic (exact) mass is 491 g/mol. The lowest BCUT2D eigenvalue weighted by Gasteiger charge is -2.27. The molecule has 0 saturated heterocycles. The third-order valence-corrected chi connectivity index (χ3v) is 7.38. The summed E-state index contributed by atoms with van der Waals surface area (Å²) < 4.78 is 11.3. The number of aromatic hydroxyl groups is 1. The van der Waals surface area contributed by atoms with Gasteiger partial charge in [-0.15, -0.1) is 0 Å². The second-order valence-corrected chi connectivity index (χ2v) is 9.48. The highest BCUT2D eigenvalue weighted by molar-refractivity contribution is 6.25. The number of hydrogen-bond acceptors (Lipinski definition) is 7. The van der Waals surface area contributed by atoms with Crippen LogP contribution >= 0.6 is 0 Å². The number of methoxy groups -OCH3 is 1. The first-order chi connectivity index (χ1) is 16.8. The van der Waals surface area contributed by atoms with Crippen molar-refractivity contribution in [2.45, 2.75) is 53.5 Å². The summed E-state index contributed by atoms with van der Waals surface area (Å²) in [5.74, 6) is -2.72. The Kier molecular flexibility index (Phi) is 5.95. The molecule has 0 aromatic heterocycles. The number of aliphatic hydroxyl groups excluding tert-OH is 1. The SMILES string of the molecule is COc1cc(O)c2c(c1C(=O)NCc1c(C)c(C)cc(C)c1C)OC1=CC(O)=C(C(C)=O)C(=O)[C@]12C. The fourth-order valence-corrected chi connectivity index (χ4v) is 5.04. The third kappa shape index (κ3) is 3.47. The average Bonchev–Trinajstić information content (AvgIpc) is 3.10. The van der Waals surface area contributed by atoms with Crippen molar-refractivity contribution in [3.05, 3.63) is 74.2 Å². The fourth-order valence-electron chi connectivity index (χ4n) is 5.04. The molecule has 36 heavy (non-hydrogen) atoms. The van der Waals surface area contributed by atoms with E-state index in [-0.39, 0.29) is 46.3 Å². The van der Waals surface area contributed by atoms with Gasteiger partial charge in [-0.25, -0.2) is 0 Å². The zero-order valence-electron chi connectivity index (χ0n) is 21.4. The number of rotatable bonds is 5. The van der Waals surface area contributed by atoms with E-state index in [9.17, 15) is 24.6 Å². The molecule has 2 aromatic rings. The Morgan fingerprint density at radius 2 is 1.69 bits per heavy atom. The molecule has 3 N–H and O–H groups in total. The topological polar surface area (TPSA) is 122 Å². The minimum atomic E-state index is -1.60. The molecule has 2 aromatic carbocycles. The van der Waals surface area contributed by atoms with Crippen LogP contribution in [-0.4, -0.2) is 34.8 Å². The van der Waals surface area contributed by atoms with E-state index >= 15 is 0 Å².